The van der Waals surface area contributed by atoms with Crippen molar-refractivity contribution in [1.82, 2.24) is 0 Å². The first-order chi connectivity index (χ1) is 7.88. The fourth-order valence-corrected chi connectivity index (χ4v) is 1.57. The van der Waals surface area contributed by atoms with Gasteiger partial charge in [-0.05, 0) is 6.92 Å². The standard InChI is InChI=1S/C9H17NO7.H2O/c1-3(8(13)14)16-7-5(10)9(15)17-4(2-11)6(7)12;/h3-7,9,11-12,15H,2,10H2,1H3,(H,13,14);1H2/t3-,4-,5-,6-,7-,9+;/m1./s1. The lowest BCUT2D eigenvalue weighted by molar-refractivity contribution is -0.262. The van der Waals surface area contributed by atoms with Gasteiger partial charge in [-0.15, -0.1) is 0 Å². The van der Waals surface area contributed by atoms with E-state index in [4.69, 9.17) is 25.4 Å². The highest BCUT2D eigenvalue weighted by atomic mass is 16.6. The molecule has 0 unspecified atom stereocenters. The quantitative estimate of drug-likeness (QED) is 0.348. The van der Waals surface area contributed by atoms with Gasteiger partial charge >= 0.3 is 5.97 Å². The lowest BCUT2D eigenvalue weighted by Crippen LogP contribution is -2.63. The van der Waals surface area contributed by atoms with Crippen molar-refractivity contribution in [1.29, 1.82) is 0 Å². The first-order valence-corrected chi connectivity index (χ1v) is 5.14. The number of hydrogen-bond donors (Lipinski definition) is 5. The van der Waals surface area contributed by atoms with E-state index < -0.39 is 49.3 Å². The van der Waals surface area contributed by atoms with E-state index in [1.54, 1.807) is 0 Å². The minimum absolute atomic E-state index is 0. The summed E-state index contributed by atoms with van der Waals surface area (Å²) < 4.78 is 9.89. The number of nitrogens with two attached hydrogens (primary N) is 1. The van der Waals surface area contributed by atoms with E-state index in [1.807, 2.05) is 0 Å². The largest absolute Gasteiger partial charge is 0.479 e. The summed E-state index contributed by atoms with van der Waals surface area (Å²) in [6.07, 6.45) is -6.11. The fourth-order valence-electron chi connectivity index (χ4n) is 1.57. The SMILES string of the molecule is C[C@@H](O[C@@H]1[C@@H](N)[C@@H](O)O[C@H](CO)[C@H]1O)C(=O)O.O. The van der Waals surface area contributed by atoms with Crippen molar-refractivity contribution < 1.29 is 40.2 Å². The van der Waals surface area contributed by atoms with Crippen LogP contribution in [0.4, 0.5) is 0 Å². The number of aliphatic hydroxyl groups is 3. The molecule has 18 heavy (non-hydrogen) atoms. The maximum Gasteiger partial charge on any atom is 0.332 e. The third-order valence-corrected chi connectivity index (χ3v) is 2.63. The third-order valence-electron chi connectivity index (χ3n) is 2.63. The molecule has 1 saturated heterocycles. The van der Waals surface area contributed by atoms with Crippen molar-refractivity contribution >= 4 is 5.97 Å². The molecule has 8 N–H and O–H groups in total. The molecule has 0 radical (unpaired) electrons. The summed E-state index contributed by atoms with van der Waals surface area (Å²) in [6.45, 7) is 0.740. The molecule has 9 nitrogen and oxygen atoms in total. The number of carboxylic acids is 1. The summed E-state index contributed by atoms with van der Waals surface area (Å²) in [5.74, 6) is -1.22. The van der Waals surface area contributed by atoms with Gasteiger partial charge in [0.1, 0.15) is 18.3 Å². The van der Waals surface area contributed by atoms with E-state index >= 15 is 0 Å². The van der Waals surface area contributed by atoms with E-state index in [2.05, 4.69) is 0 Å². The first kappa shape index (κ1) is 17.2. The third kappa shape index (κ3) is 3.59. The Morgan fingerprint density at radius 1 is 1.50 bits per heavy atom. The molecule has 108 valence electrons. The number of rotatable bonds is 4. The van der Waals surface area contributed by atoms with Crippen molar-refractivity contribution in [2.45, 2.75) is 43.7 Å². The van der Waals surface area contributed by atoms with Gasteiger partial charge in [-0.2, -0.15) is 0 Å². The zero-order valence-corrected chi connectivity index (χ0v) is 9.76. The van der Waals surface area contributed by atoms with Gasteiger partial charge in [0.2, 0.25) is 0 Å². The van der Waals surface area contributed by atoms with Crippen LogP contribution in [0.3, 0.4) is 0 Å². The zero-order chi connectivity index (χ0) is 13.2. The highest BCUT2D eigenvalue weighted by Crippen LogP contribution is 2.22. The first-order valence-electron chi connectivity index (χ1n) is 5.14. The molecule has 1 fully saturated rings. The monoisotopic (exact) mass is 269 g/mol. The van der Waals surface area contributed by atoms with Crippen LogP contribution in [0.15, 0.2) is 0 Å². The van der Waals surface area contributed by atoms with Crippen LogP contribution in [0.2, 0.25) is 0 Å². The Balaban J connectivity index is 0.00000289. The second-order valence-electron chi connectivity index (χ2n) is 3.90. The molecule has 0 amide bonds. The van der Waals surface area contributed by atoms with E-state index in [1.165, 1.54) is 6.92 Å². The van der Waals surface area contributed by atoms with Gasteiger partial charge in [-0.25, -0.2) is 4.79 Å². The van der Waals surface area contributed by atoms with Crippen molar-refractivity contribution in [3.8, 4) is 0 Å². The second kappa shape index (κ2) is 6.95. The number of aliphatic carboxylic acids is 1. The summed E-state index contributed by atoms with van der Waals surface area (Å²) in [4.78, 5) is 10.6. The van der Waals surface area contributed by atoms with Crippen LogP contribution in [0.25, 0.3) is 0 Å². The van der Waals surface area contributed by atoms with Gasteiger partial charge in [-0.1, -0.05) is 0 Å². The fraction of sp³-hybridized carbons (Fsp3) is 0.889. The Kier molecular flexibility index (Phi) is 6.63. The Morgan fingerprint density at radius 2 is 2.06 bits per heavy atom. The number of carbonyl (C=O) groups is 1. The molecule has 9 heteroatoms. The predicted molar refractivity (Wildman–Crippen MR) is 57.5 cm³/mol. The molecule has 0 aromatic carbocycles. The number of hydrogen-bond acceptors (Lipinski definition) is 7. The predicted octanol–water partition coefficient (Wildman–Crippen LogP) is -3.58. The van der Waals surface area contributed by atoms with E-state index in [-0.39, 0.29) is 5.48 Å². The molecule has 0 aliphatic carbocycles. The maximum absolute atomic E-state index is 10.6. The average Bonchev–Trinajstić information content (AvgIpc) is 2.28. The zero-order valence-electron chi connectivity index (χ0n) is 9.76. The summed E-state index contributed by atoms with van der Waals surface area (Å²) in [5, 5.41) is 36.8. The van der Waals surface area contributed by atoms with Gasteiger partial charge in [0.25, 0.3) is 0 Å². The molecule has 0 bridgehead atoms. The summed E-state index contributed by atoms with van der Waals surface area (Å²) in [6, 6.07) is -1.09. The molecular formula is C9H19NO8. The molecular weight excluding hydrogens is 250 g/mol. The topological polar surface area (TPSA) is 174 Å². The Labute approximate surface area is 103 Å². The smallest absolute Gasteiger partial charge is 0.332 e. The molecule has 0 aromatic rings. The molecule has 0 saturated carbocycles. The van der Waals surface area contributed by atoms with Gasteiger partial charge in [0.05, 0.1) is 12.6 Å². The number of aliphatic hydroxyl groups excluding tert-OH is 3. The molecule has 0 aromatic heterocycles. The van der Waals surface area contributed by atoms with Crippen molar-refractivity contribution in [3.05, 3.63) is 0 Å². The van der Waals surface area contributed by atoms with E-state index in [9.17, 15) is 15.0 Å². The second-order valence-corrected chi connectivity index (χ2v) is 3.90. The van der Waals surface area contributed by atoms with Crippen LogP contribution in [0.1, 0.15) is 6.92 Å². The van der Waals surface area contributed by atoms with Crippen LogP contribution in [-0.2, 0) is 14.3 Å². The van der Waals surface area contributed by atoms with Gasteiger partial charge in [0.15, 0.2) is 12.4 Å². The highest BCUT2D eigenvalue weighted by Gasteiger charge is 2.44. The van der Waals surface area contributed by atoms with Gasteiger partial charge in [-0.3, -0.25) is 0 Å². The molecule has 1 aliphatic rings. The number of carboxylic acid groups (broad SMARTS) is 1. The van der Waals surface area contributed by atoms with Crippen LogP contribution < -0.4 is 5.73 Å². The Hall–Kier alpha value is -0.810. The molecule has 6 atom stereocenters. The van der Waals surface area contributed by atoms with Crippen LogP contribution in [0, 0.1) is 0 Å². The number of ether oxygens (including phenoxy) is 2. The van der Waals surface area contributed by atoms with Crippen molar-refractivity contribution in [3.63, 3.8) is 0 Å². The molecule has 0 spiro atoms. The van der Waals surface area contributed by atoms with Crippen LogP contribution in [-0.4, -0.2) is 75.2 Å². The van der Waals surface area contributed by atoms with Gasteiger partial charge < -0.3 is 41.1 Å². The lowest BCUT2D eigenvalue weighted by Gasteiger charge is -2.41. The van der Waals surface area contributed by atoms with Crippen molar-refractivity contribution in [2.75, 3.05) is 6.61 Å². The lowest BCUT2D eigenvalue weighted by atomic mass is 9.97. The van der Waals surface area contributed by atoms with Crippen LogP contribution in [0.5, 0.6) is 0 Å². The van der Waals surface area contributed by atoms with E-state index in [0.29, 0.717) is 0 Å². The normalized spacial score (nSPS) is 37.7. The van der Waals surface area contributed by atoms with E-state index in [0.717, 1.165) is 0 Å². The summed E-state index contributed by atoms with van der Waals surface area (Å²) >= 11 is 0. The summed E-state index contributed by atoms with van der Waals surface area (Å²) in [7, 11) is 0. The van der Waals surface area contributed by atoms with Crippen molar-refractivity contribution in [2.24, 2.45) is 5.73 Å². The molecule has 1 rings (SSSR count). The minimum Gasteiger partial charge on any atom is -0.479 e. The maximum atomic E-state index is 10.6. The Morgan fingerprint density at radius 3 is 2.50 bits per heavy atom. The molecule has 1 heterocycles. The summed E-state index contributed by atoms with van der Waals surface area (Å²) in [5.41, 5.74) is 5.54. The van der Waals surface area contributed by atoms with Crippen LogP contribution >= 0.6 is 0 Å². The highest BCUT2D eigenvalue weighted by molar-refractivity contribution is 5.71. The Bertz CT molecular complexity index is 275. The average molecular weight is 269 g/mol. The molecule has 1 aliphatic heterocycles. The minimum atomic E-state index is -1.43. The van der Waals surface area contributed by atoms with Gasteiger partial charge in [0, 0.05) is 0 Å².